The third kappa shape index (κ3) is 5.20. The van der Waals surface area contributed by atoms with Gasteiger partial charge in [-0.2, -0.15) is 0 Å². The summed E-state index contributed by atoms with van der Waals surface area (Å²) in [4.78, 5) is 0. The SMILES string of the molecule is CC#CCCC(CCC1CCCO1)NC. The van der Waals surface area contributed by atoms with E-state index in [-0.39, 0.29) is 0 Å². The Morgan fingerprint density at radius 3 is 2.93 bits per heavy atom. The van der Waals surface area contributed by atoms with E-state index in [0.29, 0.717) is 12.1 Å². The number of rotatable bonds is 6. The molecule has 0 aromatic heterocycles. The first-order valence-electron chi connectivity index (χ1n) is 6.05. The van der Waals surface area contributed by atoms with Crippen LogP contribution in [-0.2, 0) is 4.74 Å². The molecular formula is C13H23NO. The Labute approximate surface area is 93.8 Å². The van der Waals surface area contributed by atoms with Crippen molar-refractivity contribution in [1.29, 1.82) is 0 Å². The molecule has 0 amide bonds. The molecule has 0 bridgehead atoms. The molecule has 2 unspecified atom stereocenters. The van der Waals surface area contributed by atoms with Crippen molar-refractivity contribution in [3.05, 3.63) is 0 Å². The molecule has 2 nitrogen and oxygen atoms in total. The lowest BCUT2D eigenvalue weighted by Gasteiger charge is -2.17. The van der Waals surface area contributed by atoms with Gasteiger partial charge in [0.2, 0.25) is 0 Å². The highest BCUT2D eigenvalue weighted by Gasteiger charge is 2.16. The minimum absolute atomic E-state index is 0.526. The second-order valence-electron chi connectivity index (χ2n) is 4.16. The van der Waals surface area contributed by atoms with Gasteiger partial charge in [0.1, 0.15) is 0 Å². The highest BCUT2D eigenvalue weighted by Crippen LogP contribution is 2.18. The Kier molecular flexibility index (Phi) is 6.47. The van der Waals surface area contributed by atoms with Gasteiger partial charge in [-0.25, -0.2) is 0 Å². The predicted molar refractivity (Wildman–Crippen MR) is 63.7 cm³/mol. The van der Waals surface area contributed by atoms with Crippen LogP contribution in [0, 0.1) is 11.8 Å². The molecule has 1 N–H and O–H groups in total. The molecule has 1 aliphatic rings. The van der Waals surface area contributed by atoms with Gasteiger partial charge in [0, 0.05) is 19.1 Å². The fraction of sp³-hybridized carbons (Fsp3) is 0.846. The highest BCUT2D eigenvalue weighted by molar-refractivity contribution is 4.95. The van der Waals surface area contributed by atoms with Crippen molar-refractivity contribution in [3.8, 4) is 11.8 Å². The van der Waals surface area contributed by atoms with Crippen LogP contribution in [0.25, 0.3) is 0 Å². The Hall–Kier alpha value is -0.520. The topological polar surface area (TPSA) is 21.3 Å². The Morgan fingerprint density at radius 1 is 1.47 bits per heavy atom. The molecule has 0 saturated carbocycles. The molecule has 2 heteroatoms. The molecule has 0 radical (unpaired) electrons. The van der Waals surface area contributed by atoms with Crippen LogP contribution in [0.15, 0.2) is 0 Å². The van der Waals surface area contributed by atoms with Crippen LogP contribution in [0.2, 0.25) is 0 Å². The van der Waals surface area contributed by atoms with E-state index in [4.69, 9.17) is 4.74 Å². The number of nitrogens with one attached hydrogen (secondary N) is 1. The van der Waals surface area contributed by atoms with Gasteiger partial charge >= 0.3 is 0 Å². The smallest absolute Gasteiger partial charge is 0.0576 e. The summed E-state index contributed by atoms with van der Waals surface area (Å²) < 4.78 is 5.62. The standard InChI is InChI=1S/C13H23NO/c1-3-4-5-7-12(14-2)9-10-13-8-6-11-15-13/h12-14H,5-11H2,1-2H3. The molecule has 0 aromatic rings. The highest BCUT2D eigenvalue weighted by atomic mass is 16.5. The first-order chi connectivity index (χ1) is 7.36. The Bertz CT molecular complexity index is 210. The van der Waals surface area contributed by atoms with E-state index in [2.05, 4.69) is 17.2 Å². The first kappa shape index (κ1) is 12.5. The van der Waals surface area contributed by atoms with Gasteiger partial charge in [-0.15, -0.1) is 11.8 Å². The number of hydrogen-bond donors (Lipinski definition) is 1. The largest absolute Gasteiger partial charge is 0.378 e. The van der Waals surface area contributed by atoms with Crippen molar-refractivity contribution in [3.63, 3.8) is 0 Å². The zero-order chi connectivity index (χ0) is 10.9. The summed E-state index contributed by atoms with van der Waals surface area (Å²) in [6.07, 6.45) is 7.61. The van der Waals surface area contributed by atoms with Crippen LogP contribution in [0.4, 0.5) is 0 Å². The van der Waals surface area contributed by atoms with Gasteiger partial charge in [-0.05, 0) is 46.1 Å². The lowest BCUT2D eigenvalue weighted by Crippen LogP contribution is -2.26. The molecule has 0 aromatic carbocycles. The van der Waals surface area contributed by atoms with Crippen molar-refractivity contribution in [2.24, 2.45) is 0 Å². The van der Waals surface area contributed by atoms with Gasteiger partial charge < -0.3 is 10.1 Å². The van der Waals surface area contributed by atoms with Crippen molar-refractivity contribution >= 4 is 0 Å². The summed E-state index contributed by atoms with van der Waals surface area (Å²) in [6.45, 7) is 2.87. The second-order valence-corrected chi connectivity index (χ2v) is 4.16. The molecule has 1 heterocycles. The van der Waals surface area contributed by atoms with Crippen LogP contribution in [-0.4, -0.2) is 25.8 Å². The van der Waals surface area contributed by atoms with E-state index < -0.39 is 0 Å². The maximum Gasteiger partial charge on any atom is 0.0576 e. The summed E-state index contributed by atoms with van der Waals surface area (Å²) in [5, 5.41) is 3.36. The molecule has 15 heavy (non-hydrogen) atoms. The zero-order valence-corrected chi connectivity index (χ0v) is 10.0. The quantitative estimate of drug-likeness (QED) is 0.678. The summed E-state index contributed by atoms with van der Waals surface area (Å²) in [5.41, 5.74) is 0. The van der Waals surface area contributed by atoms with E-state index in [0.717, 1.165) is 19.4 Å². The zero-order valence-electron chi connectivity index (χ0n) is 10.0. The number of ether oxygens (including phenoxy) is 1. The van der Waals surface area contributed by atoms with E-state index in [1.54, 1.807) is 0 Å². The van der Waals surface area contributed by atoms with Crippen molar-refractivity contribution < 1.29 is 4.74 Å². The van der Waals surface area contributed by atoms with Crippen LogP contribution in [0.3, 0.4) is 0 Å². The van der Waals surface area contributed by atoms with Gasteiger partial charge in [0.25, 0.3) is 0 Å². The van der Waals surface area contributed by atoms with Gasteiger partial charge in [-0.3, -0.25) is 0 Å². The monoisotopic (exact) mass is 209 g/mol. The maximum atomic E-state index is 5.62. The molecule has 0 spiro atoms. The fourth-order valence-corrected chi connectivity index (χ4v) is 2.06. The van der Waals surface area contributed by atoms with E-state index >= 15 is 0 Å². The lowest BCUT2D eigenvalue weighted by atomic mass is 10.0. The molecule has 2 atom stereocenters. The second kappa shape index (κ2) is 7.73. The fourth-order valence-electron chi connectivity index (χ4n) is 2.06. The van der Waals surface area contributed by atoms with Crippen LogP contribution < -0.4 is 5.32 Å². The van der Waals surface area contributed by atoms with Crippen molar-refractivity contribution in [2.45, 2.75) is 57.6 Å². The molecule has 1 aliphatic heterocycles. The van der Waals surface area contributed by atoms with Crippen molar-refractivity contribution in [1.82, 2.24) is 5.32 Å². The molecule has 86 valence electrons. The molecule has 1 saturated heterocycles. The third-order valence-corrected chi connectivity index (χ3v) is 3.06. The number of hydrogen-bond acceptors (Lipinski definition) is 2. The normalized spacial score (nSPS) is 22.1. The van der Waals surface area contributed by atoms with E-state index in [1.807, 2.05) is 14.0 Å². The summed E-state index contributed by atoms with van der Waals surface area (Å²) in [5.74, 6) is 6.06. The Balaban J connectivity index is 2.11. The van der Waals surface area contributed by atoms with Gasteiger partial charge in [0.05, 0.1) is 6.10 Å². The third-order valence-electron chi connectivity index (χ3n) is 3.06. The predicted octanol–water partition coefficient (Wildman–Crippen LogP) is 2.34. The van der Waals surface area contributed by atoms with Crippen LogP contribution in [0.1, 0.15) is 45.4 Å². The summed E-state index contributed by atoms with van der Waals surface area (Å²) >= 11 is 0. The van der Waals surface area contributed by atoms with Crippen LogP contribution in [0.5, 0.6) is 0 Å². The first-order valence-corrected chi connectivity index (χ1v) is 6.05. The minimum Gasteiger partial charge on any atom is -0.378 e. The molecule has 1 fully saturated rings. The summed E-state index contributed by atoms with van der Waals surface area (Å²) in [7, 11) is 2.04. The maximum absolute atomic E-state index is 5.62. The van der Waals surface area contributed by atoms with Gasteiger partial charge in [-0.1, -0.05) is 0 Å². The van der Waals surface area contributed by atoms with E-state index in [9.17, 15) is 0 Å². The molecular weight excluding hydrogens is 186 g/mol. The average Bonchev–Trinajstić information content (AvgIpc) is 2.76. The minimum atomic E-state index is 0.526. The van der Waals surface area contributed by atoms with Crippen molar-refractivity contribution in [2.75, 3.05) is 13.7 Å². The van der Waals surface area contributed by atoms with Crippen LogP contribution >= 0.6 is 0 Å². The average molecular weight is 209 g/mol. The van der Waals surface area contributed by atoms with Gasteiger partial charge in [0.15, 0.2) is 0 Å². The molecule has 0 aliphatic carbocycles. The molecule has 1 rings (SSSR count). The van der Waals surface area contributed by atoms with E-state index in [1.165, 1.54) is 25.7 Å². The summed E-state index contributed by atoms with van der Waals surface area (Å²) in [6, 6.07) is 0.607. The Morgan fingerprint density at radius 2 is 2.33 bits per heavy atom. The lowest BCUT2D eigenvalue weighted by molar-refractivity contribution is 0.0996.